The van der Waals surface area contributed by atoms with Crippen molar-refractivity contribution in [1.29, 1.82) is 0 Å². The molecule has 1 aromatic heterocycles. The highest BCUT2D eigenvalue weighted by Crippen LogP contribution is 2.28. The molecule has 2 aliphatic heterocycles. The van der Waals surface area contributed by atoms with Crippen molar-refractivity contribution in [2.24, 2.45) is 0 Å². The van der Waals surface area contributed by atoms with Gasteiger partial charge in [-0.05, 0) is 50.2 Å². The zero-order valence-corrected chi connectivity index (χ0v) is 18.5. The number of amides is 1. The Morgan fingerprint density at radius 1 is 1.07 bits per heavy atom. The summed E-state index contributed by atoms with van der Waals surface area (Å²) in [6.45, 7) is 9.61. The summed E-state index contributed by atoms with van der Waals surface area (Å²) in [6, 6.07) is 7.90. The number of aromatic nitrogens is 2. The van der Waals surface area contributed by atoms with Crippen LogP contribution in [0.1, 0.15) is 50.3 Å². The standard InChI is InChI=1S/C22H30ClN5O2/c1-16(2)21-24-25-22(30-21)17-7-9-26(10-8-17)15-20(29)28-13-11-27(12-14-28)19-5-3-18(23)4-6-19/h3-6,16-17H,7-15H2,1-2H3. The molecular weight excluding hydrogens is 402 g/mol. The minimum absolute atomic E-state index is 0.226. The van der Waals surface area contributed by atoms with Crippen LogP contribution in [-0.4, -0.2) is 71.7 Å². The van der Waals surface area contributed by atoms with Gasteiger partial charge >= 0.3 is 0 Å². The third-order valence-corrected chi connectivity index (χ3v) is 6.32. The number of carbonyl (C=O) groups is 1. The average Bonchev–Trinajstić information content (AvgIpc) is 3.26. The highest BCUT2D eigenvalue weighted by molar-refractivity contribution is 6.30. The van der Waals surface area contributed by atoms with E-state index in [1.54, 1.807) is 0 Å². The lowest BCUT2D eigenvalue weighted by molar-refractivity contribution is -0.133. The number of hydrogen-bond donors (Lipinski definition) is 0. The lowest BCUT2D eigenvalue weighted by Gasteiger charge is -2.37. The Balaban J connectivity index is 1.22. The number of rotatable bonds is 5. The summed E-state index contributed by atoms with van der Waals surface area (Å²) in [5.41, 5.74) is 1.16. The van der Waals surface area contributed by atoms with E-state index < -0.39 is 0 Å². The first-order chi connectivity index (χ1) is 14.5. The molecule has 1 aromatic carbocycles. The van der Waals surface area contributed by atoms with Crippen LogP contribution in [0, 0.1) is 0 Å². The molecule has 0 N–H and O–H groups in total. The second-order valence-electron chi connectivity index (χ2n) is 8.53. The number of halogens is 1. The van der Waals surface area contributed by atoms with Crippen LogP contribution in [0.3, 0.4) is 0 Å². The fraction of sp³-hybridized carbons (Fsp3) is 0.591. The number of nitrogens with zero attached hydrogens (tertiary/aromatic N) is 5. The minimum atomic E-state index is 0.226. The molecule has 0 atom stereocenters. The molecule has 2 aliphatic rings. The molecule has 3 heterocycles. The second kappa shape index (κ2) is 9.35. The first-order valence-corrected chi connectivity index (χ1v) is 11.2. The van der Waals surface area contributed by atoms with E-state index in [1.165, 1.54) is 0 Å². The van der Waals surface area contributed by atoms with Gasteiger partial charge in [-0.1, -0.05) is 25.4 Å². The summed E-state index contributed by atoms with van der Waals surface area (Å²) >= 11 is 5.98. The molecular formula is C22H30ClN5O2. The van der Waals surface area contributed by atoms with Crippen molar-refractivity contribution in [2.75, 3.05) is 50.7 Å². The third-order valence-electron chi connectivity index (χ3n) is 6.07. The highest BCUT2D eigenvalue weighted by Gasteiger charge is 2.28. The summed E-state index contributed by atoms with van der Waals surface area (Å²) in [5, 5.41) is 9.13. The van der Waals surface area contributed by atoms with Gasteiger partial charge in [0.25, 0.3) is 0 Å². The van der Waals surface area contributed by atoms with Crippen molar-refractivity contribution in [3.8, 4) is 0 Å². The van der Waals surface area contributed by atoms with Crippen molar-refractivity contribution in [3.05, 3.63) is 41.1 Å². The molecule has 0 unspecified atom stereocenters. The van der Waals surface area contributed by atoms with E-state index in [9.17, 15) is 4.79 Å². The Hall–Kier alpha value is -2.12. The predicted molar refractivity (Wildman–Crippen MR) is 117 cm³/mol. The van der Waals surface area contributed by atoms with E-state index >= 15 is 0 Å². The van der Waals surface area contributed by atoms with Gasteiger partial charge in [0, 0.05) is 48.7 Å². The Bertz CT molecular complexity index is 837. The lowest BCUT2D eigenvalue weighted by atomic mass is 9.97. The Morgan fingerprint density at radius 3 is 2.33 bits per heavy atom. The maximum Gasteiger partial charge on any atom is 0.236 e. The highest BCUT2D eigenvalue weighted by atomic mass is 35.5. The van der Waals surface area contributed by atoms with Crippen LogP contribution in [0.25, 0.3) is 0 Å². The van der Waals surface area contributed by atoms with Crippen LogP contribution in [0.5, 0.6) is 0 Å². The van der Waals surface area contributed by atoms with E-state index in [-0.39, 0.29) is 11.8 Å². The summed E-state index contributed by atoms with van der Waals surface area (Å²) in [7, 11) is 0. The lowest BCUT2D eigenvalue weighted by Crippen LogP contribution is -2.51. The number of hydrogen-bond acceptors (Lipinski definition) is 6. The maximum atomic E-state index is 12.8. The minimum Gasteiger partial charge on any atom is -0.425 e. The SMILES string of the molecule is CC(C)c1nnc(C2CCN(CC(=O)N3CCN(c4ccc(Cl)cc4)CC3)CC2)o1. The van der Waals surface area contributed by atoms with Gasteiger partial charge in [0.1, 0.15) is 0 Å². The van der Waals surface area contributed by atoms with Gasteiger partial charge in [-0.15, -0.1) is 10.2 Å². The van der Waals surface area contributed by atoms with Gasteiger partial charge in [-0.3, -0.25) is 9.69 Å². The molecule has 0 radical (unpaired) electrons. The molecule has 2 saturated heterocycles. The van der Waals surface area contributed by atoms with Crippen molar-refractivity contribution in [2.45, 2.75) is 38.5 Å². The third kappa shape index (κ3) is 4.95. The maximum absolute atomic E-state index is 12.8. The molecule has 4 rings (SSSR count). The number of piperazine rings is 1. The molecule has 7 nitrogen and oxygen atoms in total. The number of anilines is 1. The zero-order valence-electron chi connectivity index (χ0n) is 17.8. The molecule has 162 valence electrons. The molecule has 1 amide bonds. The van der Waals surface area contributed by atoms with Crippen LogP contribution < -0.4 is 4.90 Å². The molecule has 30 heavy (non-hydrogen) atoms. The van der Waals surface area contributed by atoms with Crippen LogP contribution in [0.2, 0.25) is 5.02 Å². The molecule has 2 fully saturated rings. The summed E-state index contributed by atoms with van der Waals surface area (Å²) in [4.78, 5) is 19.3. The average molecular weight is 432 g/mol. The van der Waals surface area contributed by atoms with Gasteiger partial charge in [0.2, 0.25) is 17.7 Å². The van der Waals surface area contributed by atoms with Crippen LogP contribution in [0.4, 0.5) is 5.69 Å². The van der Waals surface area contributed by atoms with Crippen molar-refractivity contribution in [1.82, 2.24) is 20.0 Å². The van der Waals surface area contributed by atoms with E-state index in [1.807, 2.05) is 29.2 Å². The van der Waals surface area contributed by atoms with Crippen LogP contribution >= 0.6 is 11.6 Å². The second-order valence-corrected chi connectivity index (χ2v) is 8.96. The predicted octanol–water partition coefficient (Wildman–Crippen LogP) is 3.37. The molecule has 0 saturated carbocycles. The van der Waals surface area contributed by atoms with Crippen LogP contribution in [0.15, 0.2) is 28.7 Å². The van der Waals surface area contributed by atoms with Gasteiger partial charge in [0.05, 0.1) is 6.54 Å². The van der Waals surface area contributed by atoms with Gasteiger partial charge in [0.15, 0.2) is 0 Å². The fourth-order valence-electron chi connectivity index (χ4n) is 4.14. The molecule has 2 aromatic rings. The Kier molecular flexibility index (Phi) is 6.58. The molecule has 0 aliphatic carbocycles. The Labute approximate surface area is 183 Å². The number of likely N-dealkylation sites (tertiary alicyclic amines) is 1. The van der Waals surface area contributed by atoms with E-state index in [2.05, 4.69) is 33.8 Å². The fourth-order valence-corrected chi connectivity index (χ4v) is 4.27. The van der Waals surface area contributed by atoms with Crippen molar-refractivity contribution in [3.63, 3.8) is 0 Å². The normalized spacial score (nSPS) is 18.9. The van der Waals surface area contributed by atoms with Gasteiger partial charge < -0.3 is 14.2 Å². The quantitative estimate of drug-likeness (QED) is 0.723. The zero-order chi connectivity index (χ0) is 21.1. The molecule has 0 spiro atoms. The first-order valence-electron chi connectivity index (χ1n) is 10.8. The van der Waals surface area contributed by atoms with E-state index in [0.717, 1.165) is 68.7 Å². The van der Waals surface area contributed by atoms with Crippen LogP contribution in [-0.2, 0) is 4.79 Å². The first kappa shape index (κ1) is 21.1. The number of benzene rings is 1. The summed E-state index contributed by atoms with van der Waals surface area (Å²) in [5.74, 6) is 2.25. The number of piperidine rings is 1. The van der Waals surface area contributed by atoms with Crippen molar-refractivity contribution >= 4 is 23.2 Å². The smallest absolute Gasteiger partial charge is 0.236 e. The summed E-state index contributed by atoms with van der Waals surface area (Å²) < 4.78 is 5.82. The monoisotopic (exact) mass is 431 g/mol. The Morgan fingerprint density at radius 2 is 1.73 bits per heavy atom. The van der Waals surface area contributed by atoms with E-state index in [4.69, 9.17) is 16.0 Å². The number of carbonyl (C=O) groups excluding carboxylic acids is 1. The van der Waals surface area contributed by atoms with E-state index in [0.29, 0.717) is 18.4 Å². The molecule has 8 heteroatoms. The largest absolute Gasteiger partial charge is 0.425 e. The topological polar surface area (TPSA) is 65.7 Å². The van der Waals surface area contributed by atoms with Gasteiger partial charge in [-0.2, -0.15) is 0 Å². The van der Waals surface area contributed by atoms with Crippen molar-refractivity contribution < 1.29 is 9.21 Å². The summed E-state index contributed by atoms with van der Waals surface area (Å²) in [6.07, 6.45) is 1.91. The van der Waals surface area contributed by atoms with Gasteiger partial charge in [-0.25, -0.2) is 0 Å². The molecule has 0 bridgehead atoms.